The highest BCUT2D eigenvalue weighted by Crippen LogP contribution is 2.13. The highest BCUT2D eigenvalue weighted by Gasteiger charge is 2.11. The largest absolute Gasteiger partial charge is 0.229 e. The SMILES string of the molecule is CC(=CC(C)S(C)(=O)=O)CCC(C)C. The van der Waals surface area contributed by atoms with Crippen LogP contribution in [0.25, 0.3) is 0 Å². The minimum absolute atomic E-state index is 0.352. The average molecular weight is 218 g/mol. The van der Waals surface area contributed by atoms with Crippen LogP contribution in [0.2, 0.25) is 0 Å². The molecule has 2 nitrogen and oxygen atoms in total. The molecule has 84 valence electrons. The van der Waals surface area contributed by atoms with Gasteiger partial charge in [0, 0.05) is 6.26 Å². The summed E-state index contributed by atoms with van der Waals surface area (Å²) in [5, 5.41) is -0.352. The molecule has 0 rings (SSSR count). The van der Waals surface area contributed by atoms with Crippen LogP contribution in [0.15, 0.2) is 11.6 Å². The standard InChI is InChI=1S/C11H22O2S/c1-9(2)6-7-10(3)8-11(4)14(5,12)13/h8-9,11H,6-7H2,1-5H3. The van der Waals surface area contributed by atoms with E-state index in [1.54, 1.807) is 6.92 Å². The molecule has 3 heteroatoms. The molecule has 0 amide bonds. The molecule has 14 heavy (non-hydrogen) atoms. The van der Waals surface area contributed by atoms with Gasteiger partial charge in [0.25, 0.3) is 0 Å². The molecule has 0 aliphatic rings. The van der Waals surface area contributed by atoms with Crippen LogP contribution < -0.4 is 0 Å². The van der Waals surface area contributed by atoms with Gasteiger partial charge in [-0.15, -0.1) is 0 Å². The third kappa shape index (κ3) is 6.19. The van der Waals surface area contributed by atoms with Crippen LogP contribution in [0.4, 0.5) is 0 Å². The molecule has 0 N–H and O–H groups in total. The molecule has 1 unspecified atom stereocenters. The Labute approximate surface area is 88.3 Å². The second kappa shape index (κ2) is 5.54. The second-order valence-electron chi connectivity index (χ2n) is 4.48. The molecule has 0 spiro atoms. The predicted molar refractivity (Wildman–Crippen MR) is 62.1 cm³/mol. The molecule has 0 heterocycles. The van der Waals surface area contributed by atoms with E-state index < -0.39 is 9.84 Å². The quantitative estimate of drug-likeness (QED) is 0.665. The van der Waals surface area contributed by atoms with Crippen molar-refractivity contribution in [2.24, 2.45) is 5.92 Å². The normalized spacial score (nSPS) is 16.0. The van der Waals surface area contributed by atoms with Gasteiger partial charge < -0.3 is 0 Å². The molecule has 0 aromatic rings. The molecule has 0 saturated carbocycles. The van der Waals surface area contributed by atoms with Gasteiger partial charge in [-0.05, 0) is 32.6 Å². The molecule has 0 aromatic heterocycles. The van der Waals surface area contributed by atoms with Crippen LogP contribution in [-0.2, 0) is 9.84 Å². The van der Waals surface area contributed by atoms with Crippen LogP contribution in [0, 0.1) is 5.92 Å². The van der Waals surface area contributed by atoms with E-state index in [1.165, 1.54) is 11.8 Å². The van der Waals surface area contributed by atoms with E-state index in [1.807, 2.05) is 13.0 Å². The van der Waals surface area contributed by atoms with Gasteiger partial charge in [0.15, 0.2) is 9.84 Å². The maximum atomic E-state index is 11.2. The Morgan fingerprint density at radius 2 is 1.79 bits per heavy atom. The van der Waals surface area contributed by atoms with E-state index in [9.17, 15) is 8.42 Å². The Morgan fingerprint density at radius 3 is 2.14 bits per heavy atom. The van der Waals surface area contributed by atoms with Crippen LogP contribution in [-0.4, -0.2) is 19.9 Å². The van der Waals surface area contributed by atoms with E-state index in [0.717, 1.165) is 12.8 Å². The molecule has 0 saturated heterocycles. The monoisotopic (exact) mass is 218 g/mol. The maximum absolute atomic E-state index is 11.2. The molecule has 0 aliphatic heterocycles. The number of hydrogen-bond donors (Lipinski definition) is 0. The number of rotatable bonds is 5. The third-order valence-corrected chi connectivity index (χ3v) is 3.80. The van der Waals surface area contributed by atoms with Gasteiger partial charge in [0.1, 0.15) is 0 Å². The fraction of sp³-hybridized carbons (Fsp3) is 0.818. The molecular weight excluding hydrogens is 196 g/mol. The van der Waals surface area contributed by atoms with E-state index in [4.69, 9.17) is 0 Å². The van der Waals surface area contributed by atoms with Crippen LogP contribution >= 0.6 is 0 Å². The summed E-state index contributed by atoms with van der Waals surface area (Å²) < 4.78 is 22.3. The predicted octanol–water partition coefficient (Wildman–Crippen LogP) is 2.80. The fourth-order valence-corrected chi connectivity index (χ4v) is 1.60. The first kappa shape index (κ1) is 13.7. The lowest BCUT2D eigenvalue weighted by atomic mass is 10.0. The Hall–Kier alpha value is -0.310. The first-order valence-corrected chi connectivity index (χ1v) is 7.05. The first-order valence-electron chi connectivity index (χ1n) is 5.09. The Bertz CT molecular complexity index is 286. The molecule has 0 aliphatic carbocycles. The zero-order valence-electron chi connectivity index (χ0n) is 9.87. The first-order chi connectivity index (χ1) is 6.23. The summed E-state index contributed by atoms with van der Waals surface area (Å²) in [5.74, 6) is 0.673. The van der Waals surface area contributed by atoms with Crippen molar-refractivity contribution in [2.45, 2.75) is 45.8 Å². The minimum Gasteiger partial charge on any atom is -0.229 e. The van der Waals surface area contributed by atoms with Crippen molar-refractivity contribution in [3.8, 4) is 0 Å². The average Bonchev–Trinajstić information content (AvgIpc) is 1.99. The maximum Gasteiger partial charge on any atom is 0.153 e. The molecule has 1 atom stereocenters. The van der Waals surface area contributed by atoms with Gasteiger partial charge in [-0.25, -0.2) is 8.42 Å². The van der Waals surface area contributed by atoms with E-state index in [-0.39, 0.29) is 5.25 Å². The van der Waals surface area contributed by atoms with Gasteiger partial charge in [-0.1, -0.05) is 25.5 Å². The number of sulfone groups is 1. The number of allylic oxidation sites excluding steroid dienone is 1. The van der Waals surface area contributed by atoms with Crippen molar-refractivity contribution >= 4 is 9.84 Å². The Morgan fingerprint density at radius 1 is 1.29 bits per heavy atom. The van der Waals surface area contributed by atoms with Gasteiger partial charge in [0.2, 0.25) is 0 Å². The van der Waals surface area contributed by atoms with E-state index >= 15 is 0 Å². The van der Waals surface area contributed by atoms with Crippen molar-refractivity contribution in [2.75, 3.05) is 6.26 Å². The lowest BCUT2D eigenvalue weighted by Gasteiger charge is -2.08. The molecular formula is C11H22O2S. The lowest BCUT2D eigenvalue weighted by Crippen LogP contribution is -2.13. The highest BCUT2D eigenvalue weighted by atomic mass is 32.2. The smallest absolute Gasteiger partial charge is 0.153 e. The van der Waals surface area contributed by atoms with Crippen LogP contribution in [0.1, 0.15) is 40.5 Å². The zero-order chi connectivity index (χ0) is 11.4. The summed E-state index contributed by atoms with van der Waals surface area (Å²) in [6, 6.07) is 0. The van der Waals surface area contributed by atoms with Crippen LogP contribution in [0.3, 0.4) is 0 Å². The van der Waals surface area contributed by atoms with Crippen molar-refractivity contribution in [3.63, 3.8) is 0 Å². The molecule has 0 radical (unpaired) electrons. The van der Waals surface area contributed by atoms with Crippen molar-refractivity contribution in [1.29, 1.82) is 0 Å². The Kier molecular flexibility index (Phi) is 5.42. The zero-order valence-corrected chi connectivity index (χ0v) is 10.7. The van der Waals surface area contributed by atoms with Gasteiger partial charge in [-0.3, -0.25) is 0 Å². The second-order valence-corrected chi connectivity index (χ2v) is 6.88. The minimum atomic E-state index is -2.91. The number of hydrogen-bond acceptors (Lipinski definition) is 2. The lowest BCUT2D eigenvalue weighted by molar-refractivity contribution is 0.582. The molecule has 0 fully saturated rings. The van der Waals surface area contributed by atoms with Gasteiger partial charge in [0.05, 0.1) is 5.25 Å². The van der Waals surface area contributed by atoms with Crippen molar-refractivity contribution in [1.82, 2.24) is 0 Å². The summed E-state index contributed by atoms with van der Waals surface area (Å²) in [6.45, 7) is 8.08. The van der Waals surface area contributed by atoms with Crippen molar-refractivity contribution in [3.05, 3.63) is 11.6 Å². The fourth-order valence-electron chi connectivity index (χ4n) is 1.12. The summed E-state index contributed by atoms with van der Waals surface area (Å²) in [5.41, 5.74) is 1.18. The third-order valence-electron chi connectivity index (χ3n) is 2.31. The van der Waals surface area contributed by atoms with Gasteiger partial charge >= 0.3 is 0 Å². The summed E-state index contributed by atoms with van der Waals surface area (Å²) in [4.78, 5) is 0. The van der Waals surface area contributed by atoms with E-state index in [0.29, 0.717) is 5.92 Å². The van der Waals surface area contributed by atoms with E-state index in [2.05, 4.69) is 13.8 Å². The van der Waals surface area contributed by atoms with Crippen LogP contribution in [0.5, 0.6) is 0 Å². The summed E-state index contributed by atoms with van der Waals surface area (Å²) >= 11 is 0. The summed E-state index contributed by atoms with van der Waals surface area (Å²) in [7, 11) is -2.91. The Balaban J connectivity index is 4.24. The summed E-state index contributed by atoms with van der Waals surface area (Å²) in [6.07, 6.45) is 5.26. The molecule has 0 bridgehead atoms. The van der Waals surface area contributed by atoms with Crippen molar-refractivity contribution < 1.29 is 8.42 Å². The molecule has 0 aromatic carbocycles. The topological polar surface area (TPSA) is 34.1 Å². The van der Waals surface area contributed by atoms with Gasteiger partial charge in [-0.2, -0.15) is 0 Å². The highest BCUT2D eigenvalue weighted by molar-refractivity contribution is 7.91.